The fourth-order valence-corrected chi connectivity index (χ4v) is 8.59. The molecule has 380 valence electrons. The molecule has 0 atom stereocenters. The minimum absolute atomic E-state index is 0. The summed E-state index contributed by atoms with van der Waals surface area (Å²) in [5, 5.41) is 28.6. The van der Waals surface area contributed by atoms with Gasteiger partial charge in [-0.25, -0.2) is 4.79 Å². The van der Waals surface area contributed by atoms with Gasteiger partial charge in [0.1, 0.15) is 28.3 Å². The van der Waals surface area contributed by atoms with Crippen LogP contribution in [-0.2, 0) is 67.4 Å². The Labute approximate surface area is 492 Å². The van der Waals surface area contributed by atoms with Gasteiger partial charge in [0.05, 0.1) is 7.11 Å². The van der Waals surface area contributed by atoms with Gasteiger partial charge in [0, 0.05) is 41.1 Å². The molecule has 0 bridgehead atoms. The van der Waals surface area contributed by atoms with E-state index in [1.165, 1.54) is 19.3 Å². The summed E-state index contributed by atoms with van der Waals surface area (Å²) in [6, 6.07) is 0. The molecule has 1 radical (unpaired) electrons. The van der Waals surface area contributed by atoms with Crippen LogP contribution in [0.15, 0.2) is 23.7 Å². The zero-order valence-corrected chi connectivity index (χ0v) is 58.7. The fraction of sp³-hybridized carbons (Fsp3) is 0.805. The summed E-state index contributed by atoms with van der Waals surface area (Å²) in [4.78, 5) is 45.7. The minimum atomic E-state index is -1.80. The number of hydrogen-bond acceptors (Lipinski definition) is 11. The number of nitrogens with two attached hydrogens (primary N) is 1. The van der Waals surface area contributed by atoms with Crippen molar-refractivity contribution in [1.29, 1.82) is 0 Å². The van der Waals surface area contributed by atoms with Crippen molar-refractivity contribution in [2.24, 2.45) is 16.2 Å². The molecule has 0 aromatic heterocycles. The van der Waals surface area contributed by atoms with E-state index >= 15 is 0 Å². The van der Waals surface area contributed by atoms with E-state index in [0.29, 0.717) is 0 Å². The maximum Gasteiger partial charge on any atom is 1.00 e. The number of ketones is 3. The number of ether oxygens (including phenoxy) is 1. The molecule has 23 heteroatoms. The number of carbonyl (C=O) groups excluding carboxylic acids is 4. The Hall–Kier alpha value is 2.92. The Morgan fingerprint density at radius 1 is 0.562 bits per heavy atom. The first-order valence-corrected chi connectivity index (χ1v) is 31.7. The Morgan fingerprint density at radius 3 is 0.953 bits per heavy atom. The van der Waals surface area contributed by atoms with Crippen molar-refractivity contribution in [3.8, 4) is 0 Å². The predicted molar refractivity (Wildman–Crippen MR) is 251 cm³/mol. The van der Waals surface area contributed by atoms with Gasteiger partial charge in [0.25, 0.3) is 0 Å². The molecule has 0 saturated heterocycles. The molecule has 0 aliphatic heterocycles. The SMILES string of the molecule is CC(=O)C(C)(C)C.CC(C)(C)C(O)=CC(=O)C(C)(C)O[Si](C)(C)C.CC(C)(O[Si](C)(C)C)C(=O)/C=C(\[O-])C(C)(C)C.CO.COC(=O)C(C)(C)O[Si](C)(C)C.[Cl-].[Cl][Cu][Cl].[Cu].[NH2-].[Na+].[Na+].[Na+]. The number of aliphatic hydroxyl groups is 2. The molecule has 0 aliphatic carbocycles. The van der Waals surface area contributed by atoms with Crippen molar-refractivity contribution in [3.63, 3.8) is 0 Å². The van der Waals surface area contributed by atoms with Crippen LogP contribution in [0.5, 0.6) is 0 Å². The third-order valence-corrected chi connectivity index (χ3v) is 10.0. The normalized spacial score (nSPS) is 12.0. The van der Waals surface area contributed by atoms with E-state index in [0.717, 1.165) is 20.2 Å². The van der Waals surface area contributed by atoms with E-state index in [9.17, 15) is 29.4 Å². The molecule has 0 aromatic rings. The van der Waals surface area contributed by atoms with Crippen LogP contribution in [-0.4, -0.2) is 89.5 Å². The van der Waals surface area contributed by atoms with Gasteiger partial charge >= 0.3 is 128 Å². The van der Waals surface area contributed by atoms with Crippen LogP contribution in [0.3, 0.4) is 0 Å². The molecule has 0 unspecified atom stereocenters. The molecule has 0 aromatic carbocycles. The Morgan fingerprint density at radius 2 is 0.781 bits per heavy atom. The van der Waals surface area contributed by atoms with Crippen LogP contribution >= 0.6 is 20.2 Å². The first kappa shape index (κ1) is 96.4. The summed E-state index contributed by atoms with van der Waals surface area (Å²) >= 11 is 0.757. The summed E-state index contributed by atoms with van der Waals surface area (Å²) in [6.07, 6.45) is 2.47. The number of halogens is 3. The second kappa shape index (κ2) is 41.4. The Bertz CT molecular complexity index is 1260. The van der Waals surface area contributed by atoms with Crippen LogP contribution in [0.4, 0.5) is 0 Å². The summed E-state index contributed by atoms with van der Waals surface area (Å²) in [5.41, 5.74) is -3.66. The van der Waals surface area contributed by atoms with E-state index in [2.05, 4.69) is 24.9 Å². The number of hydrogen-bond donors (Lipinski definition) is 2. The Balaban J connectivity index is -0.0000000544. The van der Waals surface area contributed by atoms with Gasteiger partial charge in [-0.2, -0.15) is 0 Å². The number of carbonyl (C=O) groups is 4. The van der Waals surface area contributed by atoms with Gasteiger partial charge in [0.15, 0.2) is 36.5 Å². The number of methoxy groups -OCH3 is 1. The molecule has 0 heterocycles. The monoisotopic (exact) mass is 1150 g/mol. The molecule has 4 N–H and O–H groups in total. The first-order chi connectivity index (χ1) is 25.1. The first-order valence-electron chi connectivity index (χ1n) is 18.9. The molecule has 0 amide bonds. The van der Waals surface area contributed by atoms with Crippen LogP contribution in [0, 0.1) is 16.2 Å². The molecular formula is C41H87Cl3Cu2NNa3O11Si3. The number of esters is 1. The van der Waals surface area contributed by atoms with E-state index in [1.807, 2.05) is 100 Å². The molecule has 12 nitrogen and oxygen atoms in total. The van der Waals surface area contributed by atoms with E-state index in [1.54, 1.807) is 69.2 Å². The van der Waals surface area contributed by atoms with Crippen molar-refractivity contribution in [1.82, 2.24) is 0 Å². The zero-order valence-electron chi connectivity index (χ0n) is 45.5. The molecular weight excluding hydrogens is 1070 g/mol. The van der Waals surface area contributed by atoms with Crippen molar-refractivity contribution in [2.75, 3.05) is 14.2 Å². The minimum Gasteiger partial charge on any atom is -0.693 e. The van der Waals surface area contributed by atoms with Crippen LogP contribution < -0.4 is 106 Å². The standard InChI is InChI=1S/2C13H26O3Si.C8H18O3Si.C6H12O.CH4O.3ClH.2Cu.H2N.3Na/c2*1-12(2,3)10(14)9-11(15)13(4,5)16-17(6,7)8;1-8(2,7(9)10-3)11-12(4,5)6;1-5(7)6(2,3)4;1-2;;;;;;;;;/h2*9,14H,1-8H3;1-6H3;1-4H3;2H,1H3;3*1H;;;1H2;;;/q;;;;;;;;;+2;-1;3*+1/p-4/b10-9-;;;;;;;;;;;;;. The average Bonchev–Trinajstić information content (AvgIpc) is 2.94. The number of rotatable bonds is 11. The average molecular weight is 1160 g/mol. The van der Waals surface area contributed by atoms with Gasteiger partial charge in [-0.1, -0.05) is 62.3 Å². The third-order valence-electron chi connectivity index (χ3n) is 6.64. The van der Waals surface area contributed by atoms with Crippen molar-refractivity contribution >= 4 is 68.5 Å². The molecule has 0 spiro atoms. The summed E-state index contributed by atoms with van der Waals surface area (Å²) in [6.45, 7) is 47.0. The van der Waals surface area contributed by atoms with Crippen LogP contribution in [0.2, 0.25) is 58.9 Å². The molecule has 64 heavy (non-hydrogen) atoms. The molecule has 0 fully saturated rings. The van der Waals surface area contributed by atoms with Crippen molar-refractivity contribution < 1.29 is 184 Å². The summed E-state index contributed by atoms with van der Waals surface area (Å²) in [5.74, 6) is -0.575. The largest absolute Gasteiger partial charge is 1.00 e. The quantitative estimate of drug-likeness (QED) is 0.115. The van der Waals surface area contributed by atoms with Gasteiger partial charge in [0.2, 0.25) is 0 Å². The van der Waals surface area contributed by atoms with E-state index in [4.69, 9.17) is 18.4 Å². The third kappa shape index (κ3) is 59.2. The van der Waals surface area contributed by atoms with Crippen molar-refractivity contribution in [2.45, 2.75) is 187 Å². The molecule has 0 rings (SSSR count). The van der Waals surface area contributed by atoms with E-state index < -0.39 is 52.6 Å². The second-order valence-corrected chi connectivity index (χ2v) is 35.6. The van der Waals surface area contributed by atoms with Crippen LogP contribution in [0.1, 0.15) is 111 Å². The maximum atomic E-state index is 12.1. The number of allylic oxidation sites excluding steroid dienone is 2. The van der Waals surface area contributed by atoms with Gasteiger partial charge < -0.3 is 51.9 Å². The molecule has 0 aliphatic rings. The number of aliphatic hydroxyl groups excluding tert-OH is 2. The van der Waals surface area contributed by atoms with Gasteiger partial charge in [-0.3, -0.25) is 14.4 Å². The Kier molecular flexibility index (Phi) is 62.4. The van der Waals surface area contributed by atoms with Crippen LogP contribution in [0.25, 0.3) is 6.15 Å². The van der Waals surface area contributed by atoms with Gasteiger partial charge in [-0.15, -0.1) is 5.76 Å². The van der Waals surface area contributed by atoms with E-state index in [-0.39, 0.29) is 165 Å². The van der Waals surface area contributed by atoms with Crippen molar-refractivity contribution in [3.05, 3.63) is 29.8 Å². The smallest absolute Gasteiger partial charge is 0.693 e. The molecule has 0 saturated carbocycles. The maximum absolute atomic E-state index is 12.1. The topological polar surface area (TPSA) is 202 Å². The zero-order chi connectivity index (χ0) is 48.9. The summed E-state index contributed by atoms with van der Waals surface area (Å²) < 4.78 is 21.9. The van der Waals surface area contributed by atoms with Gasteiger partial charge in [-0.05, 0) is 119 Å². The summed E-state index contributed by atoms with van der Waals surface area (Å²) in [7, 11) is 6.45. The fourth-order valence-electron chi connectivity index (χ4n) is 3.71. The second-order valence-electron chi connectivity index (χ2n) is 20.8. The number of Topliss-reactive ketones (excluding diaryl/α,β-unsaturated/α-hetero) is 1. The predicted octanol–water partition coefficient (Wildman–Crippen LogP) is -0.724.